The van der Waals surface area contributed by atoms with Gasteiger partial charge < -0.3 is 21.3 Å². The van der Waals surface area contributed by atoms with E-state index in [-0.39, 0.29) is 17.7 Å². The van der Waals surface area contributed by atoms with Crippen LogP contribution >= 0.6 is 0 Å². The van der Waals surface area contributed by atoms with Gasteiger partial charge in [-0.15, -0.1) is 0 Å². The normalized spacial score (nSPS) is 12.2. The highest BCUT2D eigenvalue weighted by Crippen LogP contribution is 2.20. The molecule has 1 unspecified atom stereocenters. The average molecular weight is 503 g/mol. The predicted molar refractivity (Wildman–Crippen MR) is 142 cm³/mol. The standard InChI is InChI=1S/C28H31FN6O2/c1-19(22-8-6-21(15-30)7-9-22)16-31-18-26(23-4-3-5-24(29)14-23)28(37)35-27-11-10-25(17-34-27)33-13-12-32-20(2)36/h3-11,14,17,19,26,31,33H,12-13,16,18H2,1-2H3,(H,32,36)(H,34,35,37)/t19-,26?/m1/s1. The summed E-state index contributed by atoms with van der Waals surface area (Å²) in [7, 11) is 0. The maximum Gasteiger partial charge on any atom is 0.234 e. The van der Waals surface area contributed by atoms with Crippen LogP contribution in [0.15, 0.2) is 66.9 Å². The van der Waals surface area contributed by atoms with Crippen molar-refractivity contribution in [2.24, 2.45) is 0 Å². The smallest absolute Gasteiger partial charge is 0.234 e. The van der Waals surface area contributed by atoms with Crippen molar-refractivity contribution in [3.8, 4) is 6.07 Å². The first-order chi connectivity index (χ1) is 17.9. The highest BCUT2D eigenvalue weighted by molar-refractivity contribution is 5.95. The van der Waals surface area contributed by atoms with Crippen LogP contribution in [0.1, 0.15) is 42.4 Å². The van der Waals surface area contributed by atoms with Crippen molar-refractivity contribution in [1.29, 1.82) is 5.26 Å². The van der Waals surface area contributed by atoms with Gasteiger partial charge >= 0.3 is 0 Å². The van der Waals surface area contributed by atoms with Gasteiger partial charge in [0.1, 0.15) is 11.6 Å². The van der Waals surface area contributed by atoms with Crippen molar-refractivity contribution in [2.75, 3.05) is 36.8 Å². The minimum atomic E-state index is -0.638. The molecule has 1 heterocycles. The number of benzene rings is 2. The summed E-state index contributed by atoms with van der Waals surface area (Å²) in [5, 5.41) is 21.0. The van der Waals surface area contributed by atoms with E-state index >= 15 is 0 Å². The number of nitrogens with one attached hydrogen (secondary N) is 4. The Morgan fingerprint density at radius 2 is 1.81 bits per heavy atom. The summed E-state index contributed by atoms with van der Waals surface area (Å²) in [4.78, 5) is 28.4. The number of hydrogen-bond acceptors (Lipinski definition) is 6. The quantitative estimate of drug-likeness (QED) is 0.280. The number of nitriles is 1. The maximum atomic E-state index is 14.0. The van der Waals surface area contributed by atoms with Crippen molar-refractivity contribution in [3.05, 3.63) is 89.4 Å². The van der Waals surface area contributed by atoms with Crippen LogP contribution in [0.2, 0.25) is 0 Å². The molecule has 0 saturated heterocycles. The van der Waals surface area contributed by atoms with Crippen LogP contribution in [-0.2, 0) is 9.59 Å². The van der Waals surface area contributed by atoms with Gasteiger partial charge in [0.15, 0.2) is 0 Å². The molecule has 0 spiro atoms. The fourth-order valence-electron chi connectivity index (χ4n) is 3.76. The molecule has 8 nitrogen and oxygen atoms in total. The van der Waals surface area contributed by atoms with Crippen LogP contribution in [0.5, 0.6) is 0 Å². The van der Waals surface area contributed by atoms with Crippen LogP contribution in [0.25, 0.3) is 0 Å². The van der Waals surface area contributed by atoms with Gasteiger partial charge in [-0.3, -0.25) is 9.59 Å². The second-order valence-electron chi connectivity index (χ2n) is 8.73. The molecule has 9 heteroatoms. The first-order valence-corrected chi connectivity index (χ1v) is 12.1. The minimum Gasteiger partial charge on any atom is -0.382 e. The Kier molecular flexibility index (Phi) is 10.1. The van der Waals surface area contributed by atoms with E-state index in [9.17, 15) is 14.0 Å². The number of amides is 2. The third-order valence-electron chi connectivity index (χ3n) is 5.82. The zero-order chi connectivity index (χ0) is 26.6. The molecule has 0 bridgehead atoms. The Labute approximate surface area is 216 Å². The van der Waals surface area contributed by atoms with Crippen LogP contribution in [0.3, 0.4) is 0 Å². The van der Waals surface area contributed by atoms with Crippen molar-refractivity contribution < 1.29 is 14.0 Å². The molecule has 192 valence electrons. The monoisotopic (exact) mass is 502 g/mol. The Morgan fingerprint density at radius 3 is 2.46 bits per heavy atom. The SMILES string of the molecule is CC(=O)NCCNc1ccc(NC(=O)C(CNC[C@@H](C)c2ccc(C#N)cc2)c2cccc(F)c2)nc1. The molecular formula is C28H31FN6O2. The predicted octanol–water partition coefficient (Wildman–Crippen LogP) is 3.76. The molecule has 3 rings (SSSR count). The second-order valence-corrected chi connectivity index (χ2v) is 8.73. The Bertz CT molecular complexity index is 1220. The summed E-state index contributed by atoms with van der Waals surface area (Å²) >= 11 is 0. The summed E-state index contributed by atoms with van der Waals surface area (Å²) in [6.45, 7) is 5.45. The van der Waals surface area contributed by atoms with Gasteiger partial charge in [-0.1, -0.05) is 31.2 Å². The molecular weight excluding hydrogens is 471 g/mol. The number of halogens is 1. The van der Waals surface area contributed by atoms with Crippen molar-refractivity contribution in [2.45, 2.75) is 25.7 Å². The average Bonchev–Trinajstić information content (AvgIpc) is 2.89. The molecule has 3 aromatic rings. The Balaban J connectivity index is 1.61. The van der Waals surface area contributed by atoms with E-state index < -0.39 is 11.7 Å². The summed E-state index contributed by atoms with van der Waals surface area (Å²) in [5.74, 6) is -0.914. The molecule has 0 radical (unpaired) electrons. The third-order valence-corrected chi connectivity index (χ3v) is 5.82. The largest absolute Gasteiger partial charge is 0.382 e. The number of hydrogen-bond donors (Lipinski definition) is 4. The van der Waals surface area contributed by atoms with Crippen molar-refractivity contribution in [1.82, 2.24) is 15.6 Å². The third kappa shape index (κ3) is 8.70. The van der Waals surface area contributed by atoms with E-state index in [1.807, 2.05) is 12.1 Å². The van der Waals surface area contributed by atoms with E-state index in [2.05, 4.69) is 39.2 Å². The van der Waals surface area contributed by atoms with Crippen LogP contribution < -0.4 is 21.3 Å². The molecule has 1 aromatic heterocycles. The molecule has 2 aromatic carbocycles. The fraction of sp³-hybridized carbons (Fsp3) is 0.286. The summed E-state index contributed by atoms with van der Waals surface area (Å²) < 4.78 is 14.0. The number of rotatable bonds is 12. The highest BCUT2D eigenvalue weighted by Gasteiger charge is 2.22. The lowest BCUT2D eigenvalue weighted by atomic mass is 9.96. The molecule has 37 heavy (non-hydrogen) atoms. The minimum absolute atomic E-state index is 0.0935. The van der Waals surface area contributed by atoms with Crippen LogP contribution in [-0.4, -0.2) is 43.0 Å². The van der Waals surface area contributed by atoms with E-state index in [1.165, 1.54) is 19.1 Å². The van der Waals surface area contributed by atoms with Gasteiger partial charge in [0, 0.05) is 33.1 Å². The van der Waals surface area contributed by atoms with E-state index in [4.69, 9.17) is 5.26 Å². The Hall–Kier alpha value is -4.29. The summed E-state index contributed by atoms with van der Waals surface area (Å²) in [6, 6.07) is 19.0. The molecule has 0 saturated carbocycles. The van der Waals surface area contributed by atoms with E-state index in [0.717, 1.165) is 11.3 Å². The van der Waals surface area contributed by atoms with Crippen molar-refractivity contribution >= 4 is 23.3 Å². The van der Waals surface area contributed by atoms with Crippen LogP contribution in [0, 0.1) is 17.1 Å². The molecule has 0 aliphatic rings. The van der Waals surface area contributed by atoms with Crippen LogP contribution in [0.4, 0.5) is 15.9 Å². The number of carbonyl (C=O) groups excluding carboxylic acids is 2. The van der Waals surface area contributed by atoms with Gasteiger partial charge in [0.25, 0.3) is 0 Å². The molecule has 4 N–H and O–H groups in total. The molecule has 2 amide bonds. The Morgan fingerprint density at radius 1 is 1.03 bits per heavy atom. The van der Waals surface area contributed by atoms with Crippen molar-refractivity contribution in [3.63, 3.8) is 0 Å². The first kappa shape index (κ1) is 27.3. The lowest BCUT2D eigenvalue weighted by molar-refractivity contribution is -0.119. The molecule has 0 fully saturated rings. The topological polar surface area (TPSA) is 119 Å². The maximum absolute atomic E-state index is 14.0. The number of carbonyl (C=O) groups is 2. The summed E-state index contributed by atoms with van der Waals surface area (Å²) in [6.07, 6.45) is 1.60. The van der Waals surface area contributed by atoms with Gasteiger partial charge in [-0.2, -0.15) is 5.26 Å². The van der Waals surface area contributed by atoms with E-state index in [1.54, 1.807) is 42.6 Å². The second kappa shape index (κ2) is 13.7. The van der Waals surface area contributed by atoms with Gasteiger partial charge in [0.2, 0.25) is 11.8 Å². The number of aromatic nitrogens is 1. The van der Waals surface area contributed by atoms with Gasteiger partial charge in [-0.05, 0) is 53.4 Å². The van der Waals surface area contributed by atoms with Gasteiger partial charge in [-0.25, -0.2) is 9.37 Å². The first-order valence-electron chi connectivity index (χ1n) is 12.1. The number of nitrogens with zero attached hydrogens (tertiary/aromatic N) is 2. The fourth-order valence-corrected chi connectivity index (χ4v) is 3.76. The number of pyridine rings is 1. The zero-order valence-corrected chi connectivity index (χ0v) is 20.9. The summed E-state index contributed by atoms with van der Waals surface area (Å²) in [5.41, 5.74) is 3.00. The zero-order valence-electron chi connectivity index (χ0n) is 20.9. The molecule has 0 aliphatic carbocycles. The lowest BCUT2D eigenvalue weighted by Gasteiger charge is -2.20. The lowest BCUT2D eigenvalue weighted by Crippen LogP contribution is -2.33. The van der Waals surface area contributed by atoms with E-state index in [0.29, 0.717) is 43.1 Å². The molecule has 2 atom stereocenters. The molecule has 0 aliphatic heterocycles. The highest BCUT2D eigenvalue weighted by atomic mass is 19.1. The number of anilines is 2. The van der Waals surface area contributed by atoms with Gasteiger partial charge in [0.05, 0.1) is 29.4 Å².